The number of carbonyl (C=O) groups excluding carboxylic acids is 1. The molecular formula is C14H27N3O2S. The van der Waals surface area contributed by atoms with Gasteiger partial charge in [0.25, 0.3) is 0 Å². The summed E-state index contributed by atoms with van der Waals surface area (Å²) < 4.78 is 0. The highest BCUT2D eigenvalue weighted by molar-refractivity contribution is 7.80. The van der Waals surface area contributed by atoms with Gasteiger partial charge in [-0.2, -0.15) is 0 Å². The lowest BCUT2D eigenvalue weighted by atomic mass is 9.94. The first-order valence-electron chi connectivity index (χ1n) is 7.14. The highest BCUT2D eigenvalue weighted by Gasteiger charge is 2.32. The molecule has 1 aliphatic heterocycles. The summed E-state index contributed by atoms with van der Waals surface area (Å²) in [6.45, 7) is 11.0. The van der Waals surface area contributed by atoms with E-state index in [0.29, 0.717) is 19.6 Å². The molecule has 1 rings (SSSR count). The van der Waals surface area contributed by atoms with Gasteiger partial charge in [0.2, 0.25) is 5.91 Å². The van der Waals surface area contributed by atoms with Gasteiger partial charge in [0.1, 0.15) is 0 Å². The van der Waals surface area contributed by atoms with Crippen molar-refractivity contribution in [2.75, 3.05) is 32.7 Å². The summed E-state index contributed by atoms with van der Waals surface area (Å²) in [5.74, 6) is -0.212. The Bertz CT molecular complexity index is 358. The highest BCUT2D eigenvalue weighted by Crippen LogP contribution is 2.17. The molecule has 1 unspecified atom stereocenters. The van der Waals surface area contributed by atoms with Crippen molar-refractivity contribution in [3.63, 3.8) is 0 Å². The topological polar surface area (TPSA) is 69.8 Å². The van der Waals surface area contributed by atoms with E-state index >= 15 is 0 Å². The maximum atomic E-state index is 12.5. The summed E-state index contributed by atoms with van der Waals surface area (Å²) in [4.78, 5) is 16.8. The molecular weight excluding hydrogens is 274 g/mol. The number of carbonyl (C=O) groups is 1. The van der Waals surface area contributed by atoms with Crippen LogP contribution in [0.3, 0.4) is 0 Å². The molecule has 1 amide bonds. The number of aliphatic hydroxyl groups is 1. The molecule has 0 radical (unpaired) electrons. The van der Waals surface area contributed by atoms with Gasteiger partial charge in [0.05, 0.1) is 16.5 Å². The molecule has 1 atom stereocenters. The summed E-state index contributed by atoms with van der Waals surface area (Å²) in [5.41, 5.74) is 4.99. The smallest absolute Gasteiger partial charge is 0.232 e. The average Bonchev–Trinajstić information content (AvgIpc) is 2.26. The molecule has 116 valence electrons. The number of nitrogens with two attached hydrogens (primary N) is 1. The van der Waals surface area contributed by atoms with Gasteiger partial charge in [0.15, 0.2) is 0 Å². The van der Waals surface area contributed by atoms with Crippen LogP contribution in [-0.4, -0.2) is 64.1 Å². The first-order valence-corrected chi connectivity index (χ1v) is 7.55. The first-order chi connectivity index (χ1) is 9.11. The predicted molar refractivity (Wildman–Crippen MR) is 84.4 cm³/mol. The molecule has 1 aliphatic rings. The van der Waals surface area contributed by atoms with Crippen LogP contribution in [0.15, 0.2) is 0 Å². The highest BCUT2D eigenvalue weighted by atomic mass is 32.1. The number of piperazine rings is 1. The number of hydrogen-bond acceptors (Lipinski definition) is 4. The third-order valence-corrected chi connectivity index (χ3v) is 3.79. The second-order valence-electron chi connectivity index (χ2n) is 6.54. The molecule has 3 N–H and O–H groups in total. The van der Waals surface area contributed by atoms with Crippen molar-refractivity contribution in [3.8, 4) is 0 Å². The monoisotopic (exact) mass is 301 g/mol. The Hall–Kier alpha value is -0.720. The molecule has 0 saturated carbocycles. The molecule has 5 nitrogen and oxygen atoms in total. The largest absolute Gasteiger partial charge is 0.393 e. The third-order valence-electron chi connectivity index (χ3n) is 3.53. The first kappa shape index (κ1) is 17.3. The van der Waals surface area contributed by atoms with E-state index in [0.717, 1.165) is 13.1 Å². The second kappa shape index (κ2) is 6.83. The Morgan fingerprint density at radius 3 is 2.15 bits per heavy atom. The normalized spacial score (nSPS) is 19.2. The third kappa shape index (κ3) is 5.00. The number of nitrogens with zero attached hydrogens (tertiary/aromatic N) is 2. The lowest BCUT2D eigenvalue weighted by Gasteiger charge is -2.38. The fraction of sp³-hybridized carbons (Fsp3) is 0.857. The summed E-state index contributed by atoms with van der Waals surface area (Å²) in [6, 6.07) is 0. The molecule has 1 fully saturated rings. The van der Waals surface area contributed by atoms with E-state index in [9.17, 15) is 9.90 Å². The minimum Gasteiger partial charge on any atom is -0.393 e. The van der Waals surface area contributed by atoms with E-state index in [1.807, 2.05) is 18.7 Å². The molecule has 1 heterocycles. The number of amides is 1. The molecule has 20 heavy (non-hydrogen) atoms. The van der Waals surface area contributed by atoms with Gasteiger partial charge in [0, 0.05) is 32.7 Å². The average molecular weight is 301 g/mol. The Labute approximate surface area is 127 Å². The molecule has 0 aromatic heterocycles. The SMILES string of the molecule is CC(C)C(C(=O)N1CCN(CC(C)(C)O)CC1)C(N)=S. The standard InChI is InChI=1S/C14H27N3O2S/c1-10(2)11(12(15)20)13(18)17-7-5-16(6-8-17)9-14(3,4)19/h10-11,19H,5-9H2,1-4H3,(H2,15,20). The zero-order valence-corrected chi connectivity index (χ0v) is 13.7. The maximum Gasteiger partial charge on any atom is 0.232 e. The van der Waals surface area contributed by atoms with Crippen LogP contribution >= 0.6 is 12.2 Å². The van der Waals surface area contributed by atoms with Crippen molar-refractivity contribution in [3.05, 3.63) is 0 Å². The lowest BCUT2D eigenvalue weighted by Crippen LogP contribution is -2.54. The minimum absolute atomic E-state index is 0.0374. The van der Waals surface area contributed by atoms with Crippen molar-refractivity contribution in [2.24, 2.45) is 17.6 Å². The lowest BCUT2D eigenvalue weighted by molar-refractivity contribution is -0.136. The van der Waals surface area contributed by atoms with E-state index in [4.69, 9.17) is 18.0 Å². The van der Waals surface area contributed by atoms with Crippen molar-refractivity contribution in [1.29, 1.82) is 0 Å². The van der Waals surface area contributed by atoms with Crippen molar-refractivity contribution in [2.45, 2.75) is 33.3 Å². The summed E-state index contributed by atoms with van der Waals surface area (Å²) in [6.07, 6.45) is 0. The van der Waals surface area contributed by atoms with Crippen LogP contribution in [0.25, 0.3) is 0 Å². The molecule has 1 saturated heterocycles. The minimum atomic E-state index is -0.703. The van der Waals surface area contributed by atoms with Crippen LogP contribution in [0.5, 0.6) is 0 Å². The van der Waals surface area contributed by atoms with Gasteiger partial charge in [-0.3, -0.25) is 9.69 Å². The van der Waals surface area contributed by atoms with Crippen LogP contribution in [0, 0.1) is 11.8 Å². The molecule has 0 spiro atoms. The zero-order valence-electron chi connectivity index (χ0n) is 12.9. The number of rotatable bonds is 5. The number of hydrogen-bond donors (Lipinski definition) is 2. The van der Waals surface area contributed by atoms with Crippen LogP contribution in [0.2, 0.25) is 0 Å². The fourth-order valence-electron chi connectivity index (χ4n) is 2.61. The summed E-state index contributed by atoms with van der Waals surface area (Å²) >= 11 is 5.02. The molecule has 0 bridgehead atoms. The summed E-state index contributed by atoms with van der Waals surface area (Å²) in [7, 11) is 0. The Balaban J connectivity index is 2.56. The van der Waals surface area contributed by atoms with Gasteiger partial charge >= 0.3 is 0 Å². The Morgan fingerprint density at radius 2 is 1.80 bits per heavy atom. The van der Waals surface area contributed by atoms with E-state index in [2.05, 4.69) is 4.90 Å². The van der Waals surface area contributed by atoms with Crippen LogP contribution in [-0.2, 0) is 4.79 Å². The van der Waals surface area contributed by atoms with E-state index < -0.39 is 5.60 Å². The van der Waals surface area contributed by atoms with Crippen LogP contribution in [0.1, 0.15) is 27.7 Å². The van der Waals surface area contributed by atoms with E-state index in [1.54, 1.807) is 13.8 Å². The Kier molecular flexibility index (Phi) is 5.91. The van der Waals surface area contributed by atoms with Crippen molar-refractivity contribution in [1.82, 2.24) is 9.80 Å². The molecule has 6 heteroatoms. The predicted octanol–water partition coefficient (Wildman–Crippen LogP) is 0.460. The molecule has 0 aliphatic carbocycles. The number of β-amino-alcohol motifs (C(OH)–C–C–N with tert-alkyl or cyclic N) is 1. The zero-order chi connectivity index (χ0) is 15.5. The van der Waals surface area contributed by atoms with Crippen LogP contribution < -0.4 is 5.73 Å². The fourth-order valence-corrected chi connectivity index (χ4v) is 2.98. The van der Waals surface area contributed by atoms with Gasteiger partial charge in [-0.25, -0.2) is 0 Å². The van der Waals surface area contributed by atoms with Crippen molar-refractivity contribution >= 4 is 23.1 Å². The Morgan fingerprint density at radius 1 is 1.30 bits per heavy atom. The van der Waals surface area contributed by atoms with Gasteiger partial charge in [-0.05, 0) is 19.8 Å². The van der Waals surface area contributed by atoms with Gasteiger partial charge < -0.3 is 15.7 Å². The van der Waals surface area contributed by atoms with Gasteiger partial charge in [-0.15, -0.1) is 0 Å². The second-order valence-corrected chi connectivity index (χ2v) is 7.01. The molecule has 0 aromatic carbocycles. The van der Waals surface area contributed by atoms with Crippen molar-refractivity contribution < 1.29 is 9.90 Å². The summed E-state index contributed by atoms with van der Waals surface area (Å²) in [5, 5.41) is 9.82. The van der Waals surface area contributed by atoms with E-state index in [-0.39, 0.29) is 22.7 Å². The quantitative estimate of drug-likeness (QED) is 0.722. The van der Waals surface area contributed by atoms with E-state index in [1.165, 1.54) is 0 Å². The maximum absolute atomic E-state index is 12.5. The van der Waals surface area contributed by atoms with Crippen LogP contribution in [0.4, 0.5) is 0 Å². The molecule has 0 aromatic rings. The number of thiocarbonyl (C=S) groups is 1. The van der Waals surface area contributed by atoms with Gasteiger partial charge in [-0.1, -0.05) is 26.1 Å².